The molecule has 0 N–H and O–H groups in total. The van der Waals surface area contributed by atoms with Gasteiger partial charge in [0.25, 0.3) is 0 Å². The summed E-state index contributed by atoms with van der Waals surface area (Å²) in [6, 6.07) is 8.34. The fraction of sp³-hybridized carbons (Fsp3) is 0.471. The molecule has 0 bridgehead atoms. The second kappa shape index (κ2) is 6.37. The Morgan fingerprint density at radius 1 is 1.19 bits per heavy atom. The van der Waals surface area contributed by atoms with Gasteiger partial charge in [-0.1, -0.05) is 31.4 Å². The summed E-state index contributed by atoms with van der Waals surface area (Å²) < 4.78 is 2.45. The van der Waals surface area contributed by atoms with Crippen LogP contribution in [0, 0.1) is 12.8 Å². The lowest BCUT2D eigenvalue weighted by Gasteiger charge is -2.30. The smallest absolute Gasteiger partial charge is 0.190 e. The third kappa shape index (κ3) is 3.24. The van der Waals surface area contributed by atoms with Crippen molar-refractivity contribution in [1.82, 2.24) is 4.57 Å². The lowest BCUT2D eigenvalue weighted by atomic mass is 9.85. The van der Waals surface area contributed by atoms with Crippen molar-refractivity contribution in [3.63, 3.8) is 0 Å². The van der Waals surface area contributed by atoms with E-state index in [9.17, 15) is 0 Å². The Hall–Kier alpha value is -1.06. The van der Waals surface area contributed by atoms with Gasteiger partial charge in [0.1, 0.15) is 0 Å². The highest BCUT2D eigenvalue weighted by molar-refractivity contribution is 7.07. The molecule has 1 aromatic carbocycles. The number of thiazole rings is 1. The highest BCUT2D eigenvalue weighted by Gasteiger charge is 2.24. The van der Waals surface area contributed by atoms with E-state index in [1.807, 2.05) is 24.3 Å². The minimum atomic E-state index is 0.594. The predicted molar refractivity (Wildman–Crippen MR) is 90.4 cm³/mol. The van der Waals surface area contributed by atoms with Crippen LogP contribution in [0.2, 0.25) is 5.02 Å². The summed E-state index contributed by atoms with van der Waals surface area (Å²) in [7, 11) is 0. The largest absolute Gasteiger partial charge is 0.318 e. The maximum Gasteiger partial charge on any atom is 0.190 e. The van der Waals surface area contributed by atoms with Gasteiger partial charge in [-0.25, -0.2) is 4.99 Å². The first-order valence-electron chi connectivity index (χ1n) is 7.62. The summed E-state index contributed by atoms with van der Waals surface area (Å²) in [4.78, 5) is 5.94. The molecule has 0 amide bonds. The van der Waals surface area contributed by atoms with Gasteiger partial charge in [0.05, 0.1) is 5.69 Å². The molecule has 2 atom stereocenters. The molecule has 0 saturated heterocycles. The zero-order valence-corrected chi connectivity index (χ0v) is 14.1. The van der Waals surface area contributed by atoms with Gasteiger partial charge in [0.15, 0.2) is 4.80 Å². The quantitative estimate of drug-likeness (QED) is 0.695. The first-order valence-corrected chi connectivity index (χ1v) is 8.88. The van der Waals surface area contributed by atoms with Crippen molar-refractivity contribution in [2.24, 2.45) is 10.9 Å². The Morgan fingerprint density at radius 2 is 1.90 bits per heavy atom. The van der Waals surface area contributed by atoms with Crippen LogP contribution in [-0.4, -0.2) is 4.57 Å². The van der Waals surface area contributed by atoms with Gasteiger partial charge in [-0.05, 0) is 49.9 Å². The molecule has 3 rings (SSSR count). The fourth-order valence-corrected chi connectivity index (χ4v) is 4.26. The minimum absolute atomic E-state index is 0.594. The van der Waals surface area contributed by atoms with Crippen LogP contribution in [0.5, 0.6) is 0 Å². The molecule has 112 valence electrons. The molecule has 1 aromatic heterocycles. The van der Waals surface area contributed by atoms with Crippen LogP contribution in [0.4, 0.5) is 5.69 Å². The second-order valence-corrected chi connectivity index (χ2v) is 7.22. The number of nitrogens with zero attached hydrogens (tertiary/aromatic N) is 2. The number of hydrogen-bond donors (Lipinski definition) is 0. The lowest BCUT2D eigenvalue weighted by molar-refractivity contribution is 0.251. The second-order valence-electron chi connectivity index (χ2n) is 5.95. The molecule has 1 saturated carbocycles. The maximum atomic E-state index is 5.95. The SMILES string of the molecule is Cc1csc(=Nc2ccc(Cl)cc2)n1C1CCCCC1C. The van der Waals surface area contributed by atoms with Crippen LogP contribution < -0.4 is 4.80 Å². The molecule has 0 radical (unpaired) electrons. The summed E-state index contributed by atoms with van der Waals surface area (Å²) >= 11 is 7.68. The number of hydrogen-bond acceptors (Lipinski definition) is 2. The van der Waals surface area contributed by atoms with Crippen molar-refractivity contribution in [1.29, 1.82) is 0 Å². The van der Waals surface area contributed by atoms with Crippen LogP contribution in [0.1, 0.15) is 44.3 Å². The van der Waals surface area contributed by atoms with Crippen molar-refractivity contribution in [2.75, 3.05) is 0 Å². The average Bonchev–Trinajstić information content (AvgIpc) is 2.83. The van der Waals surface area contributed by atoms with E-state index in [-0.39, 0.29) is 0 Å². The monoisotopic (exact) mass is 320 g/mol. The predicted octanol–water partition coefficient (Wildman–Crippen LogP) is 5.50. The minimum Gasteiger partial charge on any atom is -0.318 e. The molecule has 21 heavy (non-hydrogen) atoms. The number of halogens is 1. The van der Waals surface area contributed by atoms with Crippen LogP contribution >= 0.6 is 22.9 Å². The molecule has 1 fully saturated rings. The first-order chi connectivity index (χ1) is 10.1. The molecular weight excluding hydrogens is 300 g/mol. The van der Waals surface area contributed by atoms with Gasteiger partial charge in [-0.15, -0.1) is 11.3 Å². The Bertz CT molecular complexity index is 669. The number of aromatic nitrogens is 1. The Balaban J connectivity index is 2.02. The average molecular weight is 321 g/mol. The van der Waals surface area contributed by atoms with Crippen LogP contribution in [0.25, 0.3) is 0 Å². The fourth-order valence-electron chi connectivity index (χ4n) is 3.19. The normalized spacial score (nSPS) is 23.5. The highest BCUT2D eigenvalue weighted by Crippen LogP contribution is 2.33. The van der Waals surface area contributed by atoms with E-state index < -0.39 is 0 Å². The van der Waals surface area contributed by atoms with Crippen molar-refractivity contribution in [3.05, 3.63) is 45.2 Å². The van der Waals surface area contributed by atoms with Crippen molar-refractivity contribution >= 4 is 28.6 Å². The van der Waals surface area contributed by atoms with Crippen LogP contribution in [-0.2, 0) is 0 Å². The van der Waals surface area contributed by atoms with Gasteiger partial charge < -0.3 is 4.57 Å². The van der Waals surface area contributed by atoms with E-state index in [0.29, 0.717) is 6.04 Å². The molecule has 0 spiro atoms. The summed E-state index contributed by atoms with van der Waals surface area (Å²) in [6.07, 6.45) is 5.29. The number of benzene rings is 1. The molecule has 0 aliphatic heterocycles. The van der Waals surface area contributed by atoms with E-state index in [0.717, 1.165) is 21.4 Å². The van der Waals surface area contributed by atoms with Gasteiger partial charge in [0.2, 0.25) is 0 Å². The van der Waals surface area contributed by atoms with Crippen molar-refractivity contribution in [3.8, 4) is 0 Å². The first kappa shape index (κ1) is 14.9. The van der Waals surface area contributed by atoms with Gasteiger partial charge >= 0.3 is 0 Å². The zero-order chi connectivity index (χ0) is 14.8. The molecule has 2 aromatic rings. The van der Waals surface area contributed by atoms with Gasteiger partial charge in [-0.3, -0.25) is 0 Å². The van der Waals surface area contributed by atoms with E-state index in [1.54, 1.807) is 11.3 Å². The van der Waals surface area contributed by atoms with Crippen LogP contribution in [0.15, 0.2) is 34.6 Å². The number of rotatable bonds is 2. The topological polar surface area (TPSA) is 17.3 Å². The highest BCUT2D eigenvalue weighted by atomic mass is 35.5. The molecule has 4 heteroatoms. The molecular formula is C17H21ClN2S. The van der Waals surface area contributed by atoms with E-state index in [4.69, 9.17) is 16.6 Å². The Kier molecular flexibility index (Phi) is 4.51. The molecule has 2 unspecified atom stereocenters. The maximum absolute atomic E-state index is 5.95. The van der Waals surface area contributed by atoms with Gasteiger partial charge in [-0.2, -0.15) is 0 Å². The summed E-state index contributed by atoms with van der Waals surface area (Å²) in [6.45, 7) is 4.57. The van der Waals surface area contributed by atoms with Crippen molar-refractivity contribution < 1.29 is 0 Å². The zero-order valence-electron chi connectivity index (χ0n) is 12.6. The van der Waals surface area contributed by atoms with E-state index in [2.05, 4.69) is 23.8 Å². The molecule has 1 aliphatic carbocycles. The van der Waals surface area contributed by atoms with Crippen molar-refractivity contribution in [2.45, 2.75) is 45.6 Å². The summed E-state index contributed by atoms with van der Waals surface area (Å²) in [5.74, 6) is 0.733. The van der Waals surface area contributed by atoms with Gasteiger partial charge in [0, 0.05) is 22.1 Å². The number of aryl methyl sites for hydroxylation is 1. The lowest BCUT2D eigenvalue weighted by Crippen LogP contribution is -2.29. The summed E-state index contributed by atoms with van der Waals surface area (Å²) in [5, 5.41) is 2.97. The standard InChI is InChI=1S/C17H21ClN2S/c1-12-5-3-4-6-16(12)20-13(2)11-21-17(20)19-15-9-7-14(18)8-10-15/h7-12,16H,3-6H2,1-2H3. The molecule has 2 nitrogen and oxygen atoms in total. The third-order valence-corrected chi connectivity index (χ3v) is 5.58. The third-order valence-electron chi connectivity index (χ3n) is 4.37. The Morgan fingerprint density at radius 3 is 2.62 bits per heavy atom. The van der Waals surface area contributed by atoms with E-state index >= 15 is 0 Å². The molecule has 1 aliphatic rings. The Labute approximate surface area is 135 Å². The molecule has 1 heterocycles. The van der Waals surface area contributed by atoms with E-state index in [1.165, 1.54) is 31.4 Å². The van der Waals surface area contributed by atoms with Crippen LogP contribution in [0.3, 0.4) is 0 Å². The summed E-state index contributed by atoms with van der Waals surface area (Å²) in [5.41, 5.74) is 2.30.